The molecule has 0 amide bonds. The van der Waals surface area contributed by atoms with Gasteiger partial charge >= 0.3 is 0 Å². The van der Waals surface area contributed by atoms with E-state index in [1.807, 2.05) is 0 Å². The first-order valence-corrected chi connectivity index (χ1v) is 7.22. The summed E-state index contributed by atoms with van der Waals surface area (Å²) in [5.41, 5.74) is 5.61. The van der Waals surface area contributed by atoms with Gasteiger partial charge in [0.05, 0.1) is 29.2 Å². The van der Waals surface area contributed by atoms with Crippen LogP contribution in [0.4, 0.5) is 11.8 Å². The normalized spacial score (nSPS) is 31.8. The zero-order valence-electron chi connectivity index (χ0n) is 11.1. The van der Waals surface area contributed by atoms with Crippen LogP contribution < -0.4 is 10.6 Å². The van der Waals surface area contributed by atoms with Crippen LogP contribution in [0.15, 0.2) is 22.7 Å². The van der Waals surface area contributed by atoms with Crippen LogP contribution in [0.3, 0.4) is 0 Å². The van der Waals surface area contributed by atoms with E-state index in [0.29, 0.717) is 10.8 Å². The number of thioether (sulfide) groups is 1. The summed E-state index contributed by atoms with van der Waals surface area (Å²) < 4.78 is 5.67. The highest BCUT2D eigenvalue weighted by Gasteiger charge is 2.48. The molecule has 0 unspecified atom stereocenters. The first-order valence-electron chi connectivity index (χ1n) is 6.40. The SMILES string of the molecule is C=C1Sc2cnc(N)nc2N1[C@@H]1O[C@H](CO)[C@@H](CO)[C@H]1O. The summed E-state index contributed by atoms with van der Waals surface area (Å²) in [6.07, 6.45) is -0.820. The number of nitrogens with two attached hydrogens (primary N) is 1. The Kier molecular flexibility index (Phi) is 3.76. The summed E-state index contributed by atoms with van der Waals surface area (Å²) in [5.74, 6) is 0.0526. The molecule has 1 saturated heterocycles. The highest BCUT2D eigenvalue weighted by molar-refractivity contribution is 8.03. The van der Waals surface area contributed by atoms with Crippen LogP contribution in [0, 0.1) is 5.92 Å². The molecule has 9 heteroatoms. The van der Waals surface area contributed by atoms with Crippen molar-refractivity contribution in [3.8, 4) is 0 Å². The second kappa shape index (κ2) is 5.43. The molecule has 2 aliphatic rings. The summed E-state index contributed by atoms with van der Waals surface area (Å²) in [6, 6.07) is 0. The molecule has 0 radical (unpaired) electrons. The van der Waals surface area contributed by atoms with E-state index in [2.05, 4.69) is 16.5 Å². The number of aliphatic hydroxyl groups is 3. The first kappa shape index (κ1) is 14.5. The average molecular weight is 312 g/mol. The smallest absolute Gasteiger partial charge is 0.222 e. The predicted molar refractivity (Wildman–Crippen MR) is 76.2 cm³/mol. The van der Waals surface area contributed by atoms with Gasteiger partial charge in [0.25, 0.3) is 0 Å². The van der Waals surface area contributed by atoms with Crippen molar-refractivity contribution in [2.75, 3.05) is 23.8 Å². The minimum atomic E-state index is -0.980. The largest absolute Gasteiger partial charge is 0.396 e. The third-order valence-corrected chi connectivity index (χ3v) is 4.59. The number of nitrogens with zero attached hydrogens (tertiary/aromatic N) is 3. The summed E-state index contributed by atoms with van der Waals surface area (Å²) in [6.45, 7) is 3.36. The summed E-state index contributed by atoms with van der Waals surface area (Å²) >= 11 is 1.35. The summed E-state index contributed by atoms with van der Waals surface area (Å²) in [4.78, 5) is 10.5. The average Bonchev–Trinajstić information content (AvgIpc) is 2.94. The molecular weight excluding hydrogens is 296 g/mol. The molecule has 1 fully saturated rings. The van der Waals surface area contributed by atoms with Crippen molar-refractivity contribution in [3.05, 3.63) is 17.8 Å². The number of hydrogen-bond acceptors (Lipinski definition) is 9. The summed E-state index contributed by atoms with van der Waals surface area (Å²) in [7, 11) is 0. The van der Waals surface area contributed by atoms with Crippen LogP contribution in [-0.2, 0) is 4.74 Å². The molecule has 4 atom stereocenters. The van der Waals surface area contributed by atoms with Gasteiger partial charge < -0.3 is 25.8 Å². The molecule has 114 valence electrons. The van der Waals surface area contributed by atoms with E-state index >= 15 is 0 Å². The van der Waals surface area contributed by atoms with Gasteiger partial charge in [-0.05, 0) is 0 Å². The van der Waals surface area contributed by atoms with E-state index in [9.17, 15) is 15.3 Å². The zero-order valence-corrected chi connectivity index (χ0v) is 11.9. The maximum Gasteiger partial charge on any atom is 0.222 e. The number of nitrogen functional groups attached to an aromatic ring is 1. The number of aliphatic hydroxyl groups excluding tert-OH is 3. The van der Waals surface area contributed by atoms with E-state index in [-0.39, 0.29) is 19.2 Å². The van der Waals surface area contributed by atoms with Crippen molar-refractivity contribution in [2.45, 2.75) is 23.3 Å². The van der Waals surface area contributed by atoms with E-state index < -0.39 is 24.4 Å². The van der Waals surface area contributed by atoms with Gasteiger partial charge in [0.1, 0.15) is 6.10 Å². The number of fused-ring (bicyclic) bond motifs is 1. The van der Waals surface area contributed by atoms with Crippen molar-refractivity contribution in [1.82, 2.24) is 9.97 Å². The molecule has 3 heterocycles. The van der Waals surface area contributed by atoms with Crippen LogP contribution in [0.2, 0.25) is 0 Å². The molecule has 3 rings (SSSR count). The highest BCUT2D eigenvalue weighted by Crippen LogP contribution is 2.47. The quantitative estimate of drug-likeness (QED) is 0.563. The van der Waals surface area contributed by atoms with Crippen LogP contribution in [0.1, 0.15) is 0 Å². The van der Waals surface area contributed by atoms with Gasteiger partial charge in [-0.2, -0.15) is 4.98 Å². The fourth-order valence-corrected chi connectivity index (χ4v) is 3.47. The number of anilines is 2. The molecule has 2 aliphatic heterocycles. The van der Waals surface area contributed by atoms with Gasteiger partial charge in [-0.25, -0.2) is 4.98 Å². The highest BCUT2D eigenvalue weighted by atomic mass is 32.2. The Bertz CT molecular complexity index is 572. The van der Waals surface area contributed by atoms with Crippen LogP contribution in [-0.4, -0.2) is 56.9 Å². The lowest BCUT2D eigenvalue weighted by molar-refractivity contribution is -0.0112. The first-order chi connectivity index (χ1) is 10.1. The molecule has 5 N–H and O–H groups in total. The van der Waals surface area contributed by atoms with E-state index in [1.165, 1.54) is 11.8 Å². The van der Waals surface area contributed by atoms with Crippen LogP contribution >= 0.6 is 11.8 Å². The maximum absolute atomic E-state index is 10.4. The Morgan fingerprint density at radius 1 is 1.43 bits per heavy atom. The molecule has 21 heavy (non-hydrogen) atoms. The molecule has 1 aromatic heterocycles. The van der Waals surface area contributed by atoms with Gasteiger partial charge in [0.2, 0.25) is 5.95 Å². The van der Waals surface area contributed by atoms with Crippen molar-refractivity contribution in [3.63, 3.8) is 0 Å². The maximum atomic E-state index is 10.4. The Morgan fingerprint density at radius 2 is 2.19 bits per heavy atom. The standard InChI is InChI=1S/C12H16N4O4S/c1-5-16(10-8(21-5)2-14-12(13)15-10)11-9(19)6(3-17)7(4-18)20-11/h2,6-7,9,11,17-19H,1,3-4H2,(H2,13,14,15)/t6-,7-,9-,11-/m1/s1. The third kappa shape index (κ3) is 2.27. The number of aromatic nitrogens is 2. The fraction of sp³-hybridized carbons (Fsp3) is 0.500. The number of hydrogen-bond donors (Lipinski definition) is 4. The van der Waals surface area contributed by atoms with E-state index in [1.54, 1.807) is 11.1 Å². The van der Waals surface area contributed by atoms with Gasteiger partial charge in [-0.15, -0.1) is 0 Å². The van der Waals surface area contributed by atoms with E-state index in [0.717, 1.165) is 4.90 Å². The fourth-order valence-electron chi connectivity index (χ4n) is 2.59. The van der Waals surface area contributed by atoms with E-state index in [4.69, 9.17) is 10.5 Å². The minimum absolute atomic E-state index is 0.110. The number of rotatable bonds is 3. The Labute approximate surface area is 125 Å². The minimum Gasteiger partial charge on any atom is -0.396 e. The monoisotopic (exact) mass is 312 g/mol. The lowest BCUT2D eigenvalue weighted by Gasteiger charge is -2.28. The second-order valence-corrected chi connectivity index (χ2v) is 5.98. The Hall–Kier alpha value is -1.39. The van der Waals surface area contributed by atoms with Gasteiger partial charge in [-0.1, -0.05) is 18.3 Å². The molecule has 0 saturated carbocycles. The van der Waals surface area contributed by atoms with Gasteiger partial charge in [0.15, 0.2) is 12.0 Å². The third-order valence-electron chi connectivity index (χ3n) is 3.65. The topological polar surface area (TPSA) is 125 Å². The molecule has 0 spiro atoms. The van der Waals surface area contributed by atoms with Gasteiger partial charge in [-0.3, -0.25) is 4.90 Å². The summed E-state index contributed by atoms with van der Waals surface area (Å²) in [5, 5.41) is 29.6. The molecule has 0 aliphatic carbocycles. The Morgan fingerprint density at radius 3 is 2.81 bits per heavy atom. The Balaban J connectivity index is 1.94. The molecule has 0 bridgehead atoms. The van der Waals surface area contributed by atoms with Crippen LogP contribution in [0.5, 0.6) is 0 Å². The van der Waals surface area contributed by atoms with Crippen molar-refractivity contribution >= 4 is 23.5 Å². The molecule has 1 aromatic rings. The van der Waals surface area contributed by atoms with Crippen LogP contribution in [0.25, 0.3) is 0 Å². The van der Waals surface area contributed by atoms with Crippen molar-refractivity contribution in [2.24, 2.45) is 5.92 Å². The van der Waals surface area contributed by atoms with Crippen molar-refractivity contribution in [1.29, 1.82) is 0 Å². The lowest BCUT2D eigenvalue weighted by atomic mass is 9.99. The number of ether oxygens (including phenoxy) is 1. The predicted octanol–water partition coefficient (Wildman–Crippen LogP) is -0.871. The second-order valence-electron chi connectivity index (χ2n) is 4.87. The van der Waals surface area contributed by atoms with Crippen molar-refractivity contribution < 1.29 is 20.1 Å². The van der Waals surface area contributed by atoms with Gasteiger partial charge in [0, 0.05) is 12.1 Å². The molecule has 0 aromatic carbocycles. The molecule has 8 nitrogen and oxygen atoms in total. The zero-order chi connectivity index (χ0) is 15.1. The molecular formula is C12H16N4O4S. The lowest BCUT2D eigenvalue weighted by Crippen LogP contribution is -2.41.